The van der Waals surface area contributed by atoms with Gasteiger partial charge in [-0.1, -0.05) is 18.0 Å². The largest absolute Gasteiger partial charge is 0.332 e. The van der Waals surface area contributed by atoms with Gasteiger partial charge in [0.25, 0.3) is 5.89 Å². The van der Waals surface area contributed by atoms with Crippen LogP contribution in [-0.4, -0.2) is 19.3 Å². The van der Waals surface area contributed by atoms with Gasteiger partial charge in [0.2, 0.25) is 0 Å². The standard InChI is InChI=1S/C12H16N4O2/c1-15-7-9(16(2)12(15)17)11-13-10(14-18-11)8-5-3-4-6-8/h7-8H,3-6H2,1-2H3. The van der Waals surface area contributed by atoms with Crippen molar-refractivity contribution in [3.8, 4) is 11.6 Å². The molecule has 18 heavy (non-hydrogen) atoms. The van der Waals surface area contributed by atoms with Crippen LogP contribution >= 0.6 is 0 Å². The first-order valence-corrected chi connectivity index (χ1v) is 6.23. The third-order valence-electron chi connectivity index (χ3n) is 3.65. The molecular weight excluding hydrogens is 232 g/mol. The number of hydrogen-bond acceptors (Lipinski definition) is 4. The van der Waals surface area contributed by atoms with Gasteiger partial charge in [0, 0.05) is 26.2 Å². The maximum atomic E-state index is 11.7. The van der Waals surface area contributed by atoms with Crippen molar-refractivity contribution < 1.29 is 4.52 Å². The van der Waals surface area contributed by atoms with Gasteiger partial charge < -0.3 is 9.09 Å². The van der Waals surface area contributed by atoms with E-state index < -0.39 is 0 Å². The Morgan fingerprint density at radius 3 is 2.67 bits per heavy atom. The minimum atomic E-state index is -0.0920. The van der Waals surface area contributed by atoms with E-state index >= 15 is 0 Å². The van der Waals surface area contributed by atoms with Crippen LogP contribution in [0.5, 0.6) is 0 Å². The minimum Gasteiger partial charge on any atom is -0.332 e. The summed E-state index contributed by atoms with van der Waals surface area (Å²) in [4.78, 5) is 16.1. The van der Waals surface area contributed by atoms with Crippen LogP contribution in [0.15, 0.2) is 15.5 Å². The molecule has 0 N–H and O–H groups in total. The van der Waals surface area contributed by atoms with Crippen LogP contribution in [0.1, 0.15) is 37.4 Å². The lowest BCUT2D eigenvalue weighted by Gasteiger charge is -1.99. The van der Waals surface area contributed by atoms with Gasteiger partial charge in [-0.25, -0.2) is 4.79 Å². The number of hydrogen-bond donors (Lipinski definition) is 0. The molecule has 0 radical (unpaired) electrons. The van der Waals surface area contributed by atoms with Crippen LogP contribution in [0.3, 0.4) is 0 Å². The maximum absolute atomic E-state index is 11.7. The van der Waals surface area contributed by atoms with Crippen molar-refractivity contribution in [3.05, 3.63) is 22.5 Å². The van der Waals surface area contributed by atoms with Crippen LogP contribution < -0.4 is 5.69 Å². The fourth-order valence-electron chi connectivity index (χ4n) is 2.55. The maximum Gasteiger partial charge on any atom is 0.328 e. The first kappa shape index (κ1) is 11.3. The Morgan fingerprint density at radius 1 is 1.33 bits per heavy atom. The topological polar surface area (TPSA) is 65.8 Å². The Bertz CT molecular complexity index is 616. The highest BCUT2D eigenvalue weighted by molar-refractivity contribution is 5.45. The van der Waals surface area contributed by atoms with Crippen LogP contribution in [-0.2, 0) is 14.1 Å². The van der Waals surface area contributed by atoms with E-state index in [0.29, 0.717) is 17.5 Å². The molecule has 0 amide bonds. The van der Waals surface area contributed by atoms with E-state index in [1.54, 1.807) is 20.3 Å². The quantitative estimate of drug-likeness (QED) is 0.806. The van der Waals surface area contributed by atoms with E-state index in [9.17, 15) is 4.79 Å². The van der Waals surface area contributed by atoms with E-state index in [0.717, 1.165) is 18.7 Å². The summed E-state index contributed by atoms with van der Waals surface area (Å²) in [6.45, 7) is 0. The minimum absolute atomic E-state index is 0.0920. The summed E-state index contributed by atoms with van der Waals surface area (Å²) >= 11 is 0. The lowest BCUT2D eigenvalue weighted by Crippen LogP contribution is -2.19. The third-order valence-corrected chi connectivity index (χ3v) is 3.65. The van der Waals surface area contributed by atoms with Crippen LogP contribution in [0.2, 0.25) is 0 Å². The van der Waals surface area contributed by atoms with Gasteiger partial charge >= 0.3 is 5.69 Å². The van der Waals surface area contributed by atoms with Gasteiger partial charge in [0.1, 0.15) is 5.69 Å². The fourth-order valence-corrected chi connectivity index (χ4v) is 2.55. The van der Waals surface area contributed by atoms with E-state index in [-0.39, 0.29) is 5.69 Å². The van der Waals surface area contributed by atoms with Gasteiger partial charge in [-0.15, -0.1) is 0 Å². The average molecular weight is 248 g/mol. The number of imidazole rings is 1. The second-order valence-corrected chi connectivity index (χ2v) is 4.91. The van der Waals surface area contributed by atoms with E-state index in [4.69, 9.17) is 4.52 Å². The van der Waals surface area contributed by atoms with Gasteiger partial charge in [-0.3, -0.25) is 4.57 Å². The zero-order valence-electron chi connectivity index (χ0n) is 10.6. The molecule has 0 aliphatic heterocycles. The molecule has 0 spiro atoms. The highest BCUT2D eigenvalue weighted by Crippen LogP contribution is 2.33. The normalized spacial score (nSPS) is 16.6. The van der Waals surface area contributed by atoms with Crippen molar-refractivity contribution in [1.82, 2.24) is 19.3 Å². The van der Waals surface area contributed by atoms with E-state index in [1.807, 2.05) is 0 Å². The van der Waals surface area contributed by atoms with Crippen molar-refractivity contribution in [2.24, 2.45) is 14.1 Å². The molecule has 6 heteroatoms. The lowest BCUT2D eigenvalue weighted by molar-refractivity contribution is 0.413. The Kier molecular flexibility index (Phi) is 2.57. The summed E-state index contributed by atoms with van der Waals surface area (Å²) in [6, 6.07) is 0. The Hall–Kier alpha value is -1.85. The predicted molar refractivity (Wildman–Crippen MR) is 65.2 cm³/mol. The number of nitrogens with zero attached hydrogens (tertiary/aromatic N) is 4. The molecule has 0 unspecified atom stereocenters. The zero-order valence-corrected chi connectivity index (χ0v) is 10.6. The summed E-state index contributed by atoms with van der Waals surface area (Å²) in [5, 5.41) is 4.04. The summed E-state index contributed by atoms with van der Waals surface area (Å²) < 4.78 is 8.31. The monoisotopic (exact) mass is 248 g/mol. The number of rotatable bonds is 2. The highest BCUT2D eigenvalue weighted by Gasteiger charge is 2.23. The van der Waals surface area contributed by atoms with Crippen molar-refractivity contribution >= 4 is 0 Å². The molecule has 2 heterocycles. The van der Waals surface area contributed by atoms with Crippen molar-refractivity contribution in [2.75, 3.05) is 0 Å². The zero-order chi connectivity index (χ0) is 12.7. The molecule has 1 aliphatic carbocycles. The third kappa shape index (κ3) is 1.68. The van der Waals surface area contributed by atoms with Gasteiger partial charge in [-0.05, 0) is 12.8 Å². The smallest absolute Gasteiger partial charge is 0.328 e. The number of aromatic nitrogens is 4. The summed E-state index contributed by atoms with van der Waals surface area (Å²) in [7, 11) is 3.41. The van der Waals surface area contributed by atoms with Gasteiger partial charge in [0.05, 0.1) is 0 Å². The molecule has 0 atom stereocenters. The van der Waals surface area contributed by atoms with Crippen molar-refractivity contribution in [1.29, 1.82) is 0 Å². The average Bonchev–Trinajstić information content (AvgIpc) is 3.05. The molecule has 2 aromatic heterocycles. The van der Waals surface area contributed by atoms with E-state index in [1.165, 1.54) is 22.0 Å². The summed E-state index contributed by atoms with van der Waals surface area (Å²) in [6.07, 6.45) is 6.45. The predicted octanol–water partition coefficient (Wildman–Crippen LogP) is 1.43. The molecule has 1 aliphatic rings. The molecule has 0 saturated heterocycles. The molecule has 6 nitrogen and oxygen atoms in total. The molecular formula is C12H16N4O2. The highest BCUT2D eigenvalue weighted by atomic mass is 16.5. The second kappa shape index (κ2) is 4.12. The van der Waals surface area contributed by atoms with E-state index in [2.05, 4.69) is 10.1 Å². The second-order valence-electron chi connectivity index (χ2n) is 4.91. The van der Waals surface area contributed by atoms with Crippen molar-refractivity contribution in [2.45, 2.75) is 31.6 Å². The van der Waals surface area contributed by atoms with Gasteiger partial charge in [-0.2, -0.15) is 4.98 Å². The first-order chi connectivity index (χ1) is 8.66. The molecule has 0 aromatic carbocycles. The molecule has 1 fully saturated rings. The molecule has 96 valence electrons. The SMILES string of the molecule is Cn1cc(-c2nc(C3CCCC3)no2)n(C)c1=O. The van der Waals surface area contributed by atoms with Crippen LogP contribution in [0, 0.1) is 0 Å². The lowest BCUT2D eigenvalue weighted by atomic mass is 10.1. The summed E-state index contributed by atoms with van der Waals surface area (Å²) in [5.74, 6) is 1.62. The fraction of sp³-hybridized carbons (Fsp3) is 0.583. The van der Waals surface area contributed by atoms with Gasteiger partial charge in [0.15, 0.2) is 5.82 Å². The van der Waals surface area contributed by atoms with Crippen LogP contribution in [0.25, 0.3) is 11.6 Å². The molecule has 0 bridgehead atoms. The Labute approximate surface area is 104 Å². The number of aryl methyl sites for hydroxylation is 1. The molecule has 1 saturated carbocycles. The van der Waals surface area contributed by atoms with Crippen molar-refractivity contribution in [3.63, 3.8) is 0 Å². The van der Waals surface area contributed by atoms with Crippen LogP contribution in [0.4, 0.5) is 0 Å². The first-order valence-electron chi connectivity index (χ1n) is 6.23. The summed E-state index contributed by atoms with van der Waals surface area (Å²) in [5.41, 5.74) is 0.574. The molecule has 2 aromatic rings. The Balaban J connectivity index is 1.97. The molecule has 3 rings (SSSR count). The Morgan fingerprint density at radius 2 is 2.06 bits per heavy atom.